The summed E-state index contributed by atoms with van der Waals surface area (Å²) >= 11 is 0. The molecular weight excluding hydrogens is 200 g/mol. The Morgan fingerprint density at radius 1 is 1.31 bits per heavy atom. The van der Waals surface area contributed by atoms with Gasteiger partial charge in [0.05, 0.1) is 0 Å². The number of hydrogen-bond donors (Lipinski definition) is 0. The molecule has 0 aliphatic heterocycles. The molecule has 84 valence electrons. The molecular formula is C14H16O2. The summed E-state index contributed by atoms with van der Waals surface area (Å²) in [4.78, 5) is 11.1. The Labute approximate surface area is 96.6 Å². The van der Waals surface area contributed by atoms with E-state index in [1.807, 2.05) is 37.3 Å². The zero-order valence-corrected chi connectivity index (χ0v) is 9.69. The van der Waals surface area contributed by atoms with E-state index in [0.717, 1.165) is 5.56 Å². The highest BCUT2D eigenvalue weighted by Gasteiger charge is 2.06. The lowest BCUT2D eigenvalue weighted by atomic mass is 10.2. The van der Waals surface area contributed by atoms with Crippen LogP contribution in [0.2, 0.25) is 0 Å². The van der Waals surface area contributed by atoms with Gasteiger partial charge in [0.1, 0.15) is 0 Å². The molecule has 16 heavy (non-hydrogen) atoms. The molecule has 0 aliphatic carbocycles. The fourth-order valence-electron chi connectivity index (χ4n) is 1.14. The maximum absolute atomic E-state index is 11.1. The van der Waals surface area contributed by atoms with Gasteiger partial charge >= 0.3 is 5.97 Å². The molecule has 0 unspecified atom stereocenters. The third kappa shape index (κ3) is 4.18. The minimum absolute atomic E-state index is 0.200. The number of rotatable bonds is 3. The highest BCUT2D eigenvalue weighted by Crippen LogP contribution is 2.01. The summed E-state index contributed by atoms with van der Waals surface area (Å²) < 4.78 is 5.16. The molecule has 0 aliphatic rings. The Balaban J connectivity index is 2.63. The topological polar surface area (TPSA) is 26.3 Å². The van der Waals surface area contributed by atoms with E-state index in [4.69, 9.17) is 4.74 Å². The van der Waals surface area contributed by atoms with Crippen molar-refractivity contribution in [1.82, 2.24) is 0 Å². The molecule has 0 aromatic heterocycles. The first-order valence-electron chi connectivity index (χ1n) is 5.52. The van der Waals surface area contributed by atoms with Crippen LogP contribution in [0.25, 0.3) is 0 Å². The van der Waals surface area contributed by atoms with Gasteiger partial charge in [0.25, 0.3) is 0 Å². The summed E-state index contributed by atoms with van der Waals surface area (Å²) in [7, 11) is 0. The van der Waals surface area contributed by atoms with Crippen LogP contribution in [0.1, 0.15) is 32.3 Å². The molecule has 0 amide bonds. The Morgan fingerprint density at radius 2 is 2.00 bits per heavy atom. The third-order valence-electron chi connectivity index (χ3n) is 2.08. The van der Waals surface area contributed by atoms with Crippen molar-refractivity contribution < 1.29 is 9.53 Å². The highest BCUT2D eigenvalue weighted by atomic mass is 16.5. The number of carbonyl (C=O) groups is 1. The molecule has 2 heteroatoms. The second-order valence-electron chi connectivity index (χ2n) is 3.38. The van der Waals surface area contributed by atoms with Gasteiger partial charge in [-0.2, -0.15) is 0 Å². The summed E-state index contributed by atoms with van der Waals surface area (Å²) in [5.41, 5.74) is 0.938. The lowest BCUT2D eigenvalue weighted by Crippen LogP contribution is -2.14. The quantitative estimate of drug-likeness (QED) is 0.573. The van der Waals surface area contributed by atoms with Crippen molar-refractivity contribution in [2.24, 2.45) is 0 Å². The van der Waals surface area contributed by atoms with Crippen molar-refractivity contribution in [3.63, 3.8) is 0 Å². The molecule has 0 radical (unpaired) electrons. The molecule has 0 heterocycles. The average molecular weight is 216 g/mol. The SMILES string of the molecule is CCC(=O)O[C@@H](C#Cc1ccccc1)CC. The second kappa shape index (κ2) is 6.68. The normalized spacial score (nSPS) is 11.1. The average Bonchev–Trinajstić information content (AvgIpc) is 2.35. The van der Waals surface area contributed by atoms with Gasteiger partial charge in [0, 0.05) is 12.0 Å². The molecule has 0 saturated heterocycles. The van der Waals surface area contributed by atoms with Crippen molar-refractivity contribution in [1.29, 1.82) is 0 Å². The third-order valence-corrected chi connectivity index (χ3v) is 2.08. The minimum Gasteiger partial charge on any atom is -0.449 e. The number of benzene rings is 1. The van der Waals surface area contributed by atoms with Crippen LogP contribution >= 0.6 is 0 Å². The number of hydrogen-bond acceptors (Lipinski definition) is 2. The van der Waals surface area contributed by atoms with E-state index in [1.54, 1.807) is 6.92 Å². The largest absolute Gasteiger partial charge is 0.449 e. The van der Waals surface area contributed by atoms with Gasteiger partial charge in [-0.1, -0.05) is 43.9 Å². The first-order chi connectivity index (χ1) is 7.76. The summed E-state index contributed by atoms with van der Waals surface area (Å²) in [6.45, 7) is 3.73. The number of carbonyl (C=O) groups excluding carboxylic acids is 1. The van der Waals surface area contributed by atoms with Crippen molar-refractivity contribution in [3.05, 3.63) is 35.9 Å². The first-order valence-corrected chi connectivity index (χ1v) is 5.52. The Morgan fingerprint density at radius 3 is 2.56 bits per heavy atom. The first kappa shape index (κ1) is 12.3. The molecule has 0 fully saturated rings. The van der Waals surface area contributed by atoms with Crippen LogP contribution in [0.15, 0.2) is 30.3 Å². The lowest BCUT2D eigenvalue weighted by molar-refractivity contribution is -0.146. The van der Waals surface area contributed by atoms with Crippen LogP contribution in [-0.4, -0.2) is 12.1 Å². The van der Waals surface area contributed by atoms with Crippen molar-refractivity contribution in [2.45, 2.75) is 32.8 Å². The Kier molecular flexibility index (Phi) is 5.15. The highest BCUT2D eigenvalue weighted by molar-refractivity contribution is 5.69. The van der Waals surface area contributed by atoms with Crippen molar-refractivity contribution >= 4 is 5.97 Å². The molecule has 1 rings (SSSR count). The zero-order valence-electron chi connectivity index (χ0n) is 9.69. The minimum atomic E-state index is -0.298. The molecule has 0 bridgehead atoms. The van der Waals surface area contributed by atoms with E-state index >= 15 is 0 Å². The van der Waals surface area contributed by atoms with Crippen LogP contribution in [0.4, 0.5) is 0 Å². The van der Waals surface area contributed by atoms with Crippen molar-refractivity contribution in [2.75, 3.05) is 0 Å². The fourth-order valence-corrected chi connectivity index (χ4v) is 1.14. The summed E-state index contributed by atoms with van der Waals surface area (Å²) in [5.74, 6) is 5.76. The zero-order chi connectivity index (χ0) is 11.8. The van der Waals surface area contributed by atoms with Crippen LogP contribution < -0.4 is 0 Å². The molecule has 2 nitrogen and oxygen atoms in total. The monoisotopic (exact) mass is 216 g/mol. The van der Waals surface area contributed by atoms with Crippen molar-refractivity contribution in [3.8, 4) is 11.8 Å². The number of esters is 1. The Bertz CT molecular complexity index is 384. The second-order valence-corrected chi connectivity index (χ2v) is 3.38. The molecule has 1 aromatic rings. The molecule has 0 N–H and O–H groups in total. The van der Waals surface area contributed by atoms with Crippen LogP contribution in [-0.2, 0) is 9.53 Å². The van der Waals surface area contributed by atoms with E-state index in [1.165, 1.54) is 0 Å². The molecule has 1 atom stereocenters. The predicted octanol–water partition coefficient (Wildman–Crippen LogP) is 2.77. The lowest BCUT2D eigenvalue weighted by Gasteiger charge is -2.08. The van der Waals surface area contributed by atoms with E-state index < -0.39 is 0 Å². The molecule has 1 aromatic carbocycles. The van der Waals surface area contributed by atoms with Gasteiger partial charge in [0.15, 0.2) is 6.10 Å². The standard InChI is InChI=1S/C14H16O2/c1-3-13(16-14(15)4-2)11-10-12-8-6-5-7-9-12/h5-9,13H,3-4H2,1-2H3/t13-/m1/s1. The summed E-state index contributed by atoms with van der Waals surface area (Å²) in [6.07, 6.45) is 0.808. The van der Waals surface area contributed by atoms with Gasteiger partial charge in [-0.15, -0.1) is 0 Å². The Hall–Kier alpha value is -1.75. The van der Waals surface area contributed by atoms with Gasteiger partial charge in [0.2, 0.25) is 0 Å². The van der Waals surface area contributed by atoms with Gasteiger partial charge in [-0.25, -0.2) is 0 Å². The van der Waals surface area contributed by atoms with Crippen LogP contribution in [0, 0.1) is 11.8 Å². The number of ether oxygens (including phenoxy) is 1. The van der Waals surface area contributed by atoms with Gasteiger partial charge in [-0.05, 0) is 18.6 Å². The molecule has 0 spiro atoms. The maximum atomic E-state index is 11.1. The van der Waals surface area contributed by atoms with E-state index in [2.05, 4.69) is 11.8 Å². The van der Waals surface area contributed by atoms with E-state index in [0.29, 0.717) is 12.8 Å². The van der Waals surface area contributed by atoms with Crippen LogP contribution in [0.3, 0.4) is 0 Å². The fraction of sp³-hybridized carbons (Fsp3) is 0.357. The smallest absolute Gasteiger partial charge is 0.306 e. The summed E-state index contributed by atoms with van der Waals surface area (Å²) in [5, 5.41) is 0. The maximum Gasteiger partial charge on any atom is 0.306 e. The molecule has 0 saturated carbocycles. The van der Waals surface area contributed by atoms with Crippen LogP contribution in [0.5, 0.6) is 0 Å². The van der Waals surface area contributed by atoms with E-state index in [9.17, 15) is 4.79 Å². The van der Waals surface area contributed by atoms with E-state index in [-0.39, 0.29) is 12.1 Å². The summed E-state index contributed by atoms with van der Waals surface area (Å²) in [6, 6.07) is 9.67. The van der Waals surface area contributed by atoms with Gasteiger partial charge in [-0.3, -0.25) is 4.79 Å². The predicted molar refractivity (Wildman–Crippen MR) is 63.8 cm³/mol. The van der Waals surface area contributed by atoms with Gasteiger partial charge < -0.3 is 4.74 Å².